The van der Waals surface area contributed by atoms with Crippen molar-refractivity contribution in [3.8, 4) is 0 Å². The van der Waals surface area contributed by atoms with Crippen LogP contribution in [0.4, 0.5) is 5.69 Å². The van der Waals surface area contributed by atoms with Crippen LogP contribution < -0.4 is 4.72 Å². The summed E-state index contributed by atoms with van der Waals surface area (Å²) >= 11 is 9.29. The van der Waals surface area contributed by atoms with Crippen molar-refractivity contribution in [2.75, 3.05) is 18.8 Å². The maximum Gasteiger partial charge on any atom is 0.261 e. The molecule has 0 fully saturated rings. The van der Waals surface area contributed by atoms with Crippen LogP contribution >= 0.6 is 27.5 Å². The molecule has 0 aromatic heterocycles. The smallest absolute Gasteiger partial charge is 0.261 e. The highest BCUT2D eigenvalue weighted by atomic mass is 79.9. The van der Waals surface area contributed by atoms with Gasteiger partial charge in [0, 0.05) is 24.1 Å². The quantitative estimate of drug-likeness (QED) is 0.826. The van der Waals surface area contributed by atoms with E-state index in [4.69, 9.17) is 11.6 Å². The van der Waals surface area contributed by atoms with E-state index in [0.29, 0.717) is 5.56 Å². The Labute approximate surface area is 148 Å². The maximum atomic E-state index is 12.4. The van der Waals surface area contributed by atoms with E-state index in [1.807, 2.05) is 0 Å². The molecule has 5 nitrogen and oxygen atoms in total. The fourth-order valence-electron chi connectivity index (χ4n) is 1.81. The second-order valence-corrected chi connectivity index (χ2v) is 7.96. The SMILES string of the molecule is CN(C)C(=O)c1ccc(Cl)c(NS(=O)(=O)c2ccc(Br)cc2)c1. The lowest BCUT2D eigenvalue weighted by Crippen LogP contribution is -2.22. The molecule has 1 amide bonds. The van der Waals surface area contributed by atoms with E-state index in [2.05, 4.69) is 20.7 Å². The number of nitrogens with zero attached hydrogens (tertiary/aromatic N) is 1. The number of benzene rings is 2. The highest BCUT2D eigenvalue weighted by Gasteiger charge is 2.17. The van der Waals surface area contributed by atoms with Crippen LogP contribution in [0, 0.1) is 0 Å². The second-order valence-electron chi connectivity index (χ2n) is 4.95. The van der Waals surface area contributed by atoms with Crippen LogP contribution in [0.3, 0.4) is 0 Å². The van der Waals surface area contributed by atoms with Gasteiger partial charge in [-0.15, -0.1) is 0 Å². The first kappa shape index (κ1) is 17.8. The Bertz CT molecular complexity index is 836. The number of carbonyl (C=O) groups is 1. The molecule has 0 unspecified atom stereocenters. The van der Waals surface area contributed by atoms with Crippen LogP contribution in [0.15, 0.2) is 51.8 Å². The summed E-state index contributed by atoms with van der Waals surface area (Å²) in [6.07, 6.45) is 0. The van der Waals surface area contributed by atoms with E-state index in [0.717, 1.165) is 4.47 Å². The van der Waals surface area contributed by atoms with Crippen LogP contribution in [-0.4, -0.2) is 33.3 Å². The number of rotatable bonds is 4. The first-order chi connectivity index (χ1) is 10.7. The van der Waals surface area contributed by atoms with E-state index in [1.165, 1.54) is 29.2 Å². The minimum atomic E-state index is -3.80. The summed E-state index contributed by atoms with van der Waals surface area (Å²) in [7, 11) is -0.568. The lowest BCUT2D eigenvalue weighted by atomic mass is 10.2. The zero-order valence-corrected chi connectivity index (χ0v) is 15.5. The molecule has 1 N–H and O–H groups in total. The number of amides is 1. The largest absolute Gasteiger partial charge is 0.345 e. The monoisotopic (exact) mass is 416 g/mol. The van der Waals surface area contributed by atoms with Crippen LogP contribution in [0.2, 0.25) is 5.02 Å². The third-order valence-corrected chi connectivity index (χ3v) is 5.23. The molecule has 0 aliphatic rings. The highest BCUT2D eigenvalue weighted by Crippen LogP contribution is 2.26. The van der Waals surface area contributed by atoms with Crippen LogP contribution in [0.5, 0.6) is 0 Å². The van der Waals surface area contributed by atoms with Crippen molar-refractivity contribution in [3.05, 3.63) is 57.5 Å². The van der Waals surface area contributed by atoms with Gasteiger partial charge in [0.2, 0.25) is 0 Å². The number of carbonyl (C=O) groups excluding carboxylic acids is 1. The van der Waals surface area contributed by atoms with Gasteiger partial charge in [0.1, 0.15) is 0 Å². The van der Waals surface area contributed by atoms with Gasteiger partial charge >= 0.3 is 0 Å². The Hall–Kier alpha value is -1.57. The number of hydrogen-bond donors (Lipinski definition) is 1. The molecule has 0 saturated carbocycles. The molecule has 0 aliphatic carbocycles. The zero-order valence-electron chi connectivity index (χ0n) is 12.4. The average Bonchev–Trinajstić information content (AvgIpc) is 2.49. The fourth-order valence-corrected chi connectivity index (χ4v) is 3.37. The molecular weight excluding hydrogens is 404 g/mol. The minimum Gasteiger partial charge on any atom is -0.345 e. The van der Waals surface area contributed by atoms with Gasteiger partial charge in [0.25, 0.3) is 15.9 Å². The lowest BCUT2D eigenvalue weighted by Gasteiger charge is -2.14. The van der Waals surface area contributed by atoms with E-state index in [-0.39, 0.29) is 21.5 Å². The van der Waals surface area contributed by atoms with Crippen molar-refractivity contribution >= 4 is 49.1 Å². The van der Waals surface area contributed by atoms with Crippen molar-refractivity contribution in [3.63, 3.8) is 0 Å². The molecule has 2 aromatic rings. The molecule has 8 heteroatoms. The number of hydrogen-bond acceptors (Lipinski definition) is 3. The van der Waals surface area contributed by atoms with Crippen LogP contribution in [0.1, 0.15) is 10.4 Å². The van der Waals surface area contributed by atoms with Gasteiger partial charge in [-0.3, -0.25) is 9.52 Å². The molecule has 122 valence electrons. The van der Waals surface area contributed by atoms with E-state index < -0.39 is 10.0 Å². The molecule has 0 spiro atoms. The number of sulfonamides is 1. The summed E-state index contributed by atoms with van der Waals surface area (Å²) in [4.78, 5) is 13.5. The van der Waals surface area contributed by atoms with Crippen molar-refractivity contribution in [2.45, 2.75) is 4.90 Å². The van der Waals surface area contributed by atoms with Gasteiger partial charge in [-0.2, -0.15) is 0 Å². The Morgan fingerprint density at radius 3 is 2.30 bits per heavy atom. The summed E-state index contributed by atoms with van der Waals surface area (Å²) in [6.45, 7) is 0. The topological polar surface area (TPSA) is 66.5 Å². The average molecular weight is 418 g/mol. The molecule has 0 bridgehead atoms. The third kappa shape index (κ3) is 4.25. The number of halogens is 2. The Balaban J connectivity index is 2.37. The zero-order chi connectivity index (χ0) is 17.2. The third-order valence-electron chi connectivity index (χ3n) is 2.99. The van der Waals surface area contributed by atoms with Gasteiger partial charge in [0.05, 0.1) is 15.6 Å². The standard InChI is InChI=1S/C15H14BrClN2O3S/c1-19(2)15(20)10-3-8-13(17)14(9-10)18-23(21,22)12-6-4-11(16)5-7-12/h3-9,18H,1-2H3. The molecule has 2 aromatic carbocycles. The number of anilines is 1. The van der Waals surface area contributed by atoms with Gasteiger partial charge in [0.15, 0.2) is 0 Å². The molecule has 0 aliphatic heterocycles. The molecule has 0 atom stereocenters. The molecule has 0 heterocycles. The Morgan fingerprint density at radius 1 is 1.13 bits per heavy atom. The highest BCUT2D eigenvalue weighted by molar-refractivity contribution is 9.10. The predicted molar refractivity (Wildman–Crippen MR) is 94.4 cm³/mol. The van der Waals surface area contributed by atoms with Gasteiger partial charge in [-0.25, -0.2) is 8.42 Å². The first-order valence-corrected chi connectivity index (χ1v) is 9.16. The van der Waals surface area contributed by atoms with Crippen LogP contribution in [-0.2, 0) is 10.0 Å². The van der Waals surface area contributed by atoms with Crippen molar-refractivity contribution < 1.29 is 13.2 Å². The maximum absolute atomic E-state index is 12.4. The summed E-state index contributed by atoms with van der Waals surface area (Å²) in [5.41, 5.74) is 0.496. The van der Waals surface area contributed by atoms with E-state index >= 15 is 0 Å². The van der Waals surface area contributed by atoms with Crippen LogP contribution in [0.25, 0.3) is 0 Å². The van der Waals surface area contributed by atoms with Gasteiger partial charge in [-0.05, 0) is 42.5 Å². The first-order valence-electron chi connectivity index (χ1n) is 6.50. The summed E-state index contributed by atoms with van der Waals surface area (Å²) in [6, 6.07) is 10.6. The van der Waals surface area contributed by atoms with Crippen molar-refractivity contribution in [1.82, 2.24) is 4.90 Å². The molecule has 0 saturated heterocycles. The summed E-state index contributed by atoms with van der Waals surface area (Å²) in [5, 5.41) is 0.209. The number of nitrogens with one attached hydrogen (secondary N) is 1. The molecule has 23 heavy (non-hydrogen) atoms. The second kappa shape index (κ2) is 6.90. The van der Waals surface area contributed by atoms with Crippen molar-refractivity contribution in [2.24, 2.45) is 0 Å². The molecule has 2 rings (SSSR count). The molecular formula is C15H14BrClN2O3S. The molecule has 0 radical (unpaired) electrons. The summed E-state index contributed by atoms with van der Waals surface area (Å²) < 4.78 is 28.0. The summed E-state index contributed by atoms with van der Waals surface area (Å²) in [5.74, 6) is -0.245. The van der Waals surface area contributed by atoms with E-state index in [9.17, 15) is 13.2 Å². The van der Waals surface area contributed by atoms with Gasteiger partial charge in [-0.1, -0.05) is 27.5 Å². The fraction of sp³-hybridized carbons (Fsp3) is 0.133. The van der Waals surface area contributed by atoms with Crippen molar-refractivity contribution in [1.29, 1.82) is 0 Å². The normalized spacial score (nSPS) is 11.1. The predicted octanol–water partition coefficient (Wildman–Crippen LogP) is 3.61. The Morgan fingerprint density at radius 2 is 1.74 bits per heavy atom. The Kier molecular flexibility index (Phi) is 5.33. The minimum absolute atomic E-state index is 0.0982. The van der Waals surface area contributed by atoms with Gasteiger partial charge < -0.3 is 4.90 Å². The lowest BCUT2D eigenvalue weighted by molar-refractivity contribution is 0.0827. The van der Waals surface area contributed by atoms with E-state index in [1.54, 1.807) is 32.3 Å².